The number of thioether (sulfide) groups is 1. The first-order chi connectivity index (χ1) is 9.56. The number of nitrogens with zero attached hydrogens (tertiary/aromatic N) is 3. The van der Waals surface area contributed by atoms with E-state index in [1.54, 1.807) is 10.9 Å². The van der Waals surface area contributed by atoms with Crippen LogP contribution in [0.3, 0.4) is 0 Å². The third-order valence-electron chi connectivity index (χ3n) is 3.68. The maximum atomic E-state index is 11.5. The second-order valence-electron chi connectivity index (χ2n) is 4.79. The fourth-order valence-electron chi connectivity index (χ4n) is 2.57. The van der Waals surface area contributed by atoms with Gasteiger partial charge < -0.3 is 4.74 Å². The second kappa shape index (κ2) is 6.25. The third-order valence-corrected chi connectivity index (χ3v) is 4.35. The molecule has 0 radical (unpaired) electrons. The molecule has 0 amide bonds. The van der Waals surface area contributed by atoms with E-state index in [-0.39, 0.29) is 23.6 Å². The normalized spacial score (nSPS) is 22.5. The molecule has 0 aliphatic heterocycles. The number of methoxy groups -OCH3 is 1. The zero-order valence-corrected chi connectivity index (χ0v) is 12.3. The molecule has 0 saturated heterocycles. The van der Waals surface area contributed by atoms with Crippen molar-refractivity contribution in [3.05, 3.63) is 16.3 Å². The van der Waals surface area contributed by atoms with Gasteiger partial charge in [0.05, 0.1) is 24.0 Å². The van der Waals surface area contributed by atoms with Crippen LogP contribution in [-0.2, 0) is 9.53 Å². The van der Waals surface area contributed by atoms with Crippen LogP contribution in [0.1, 0.15) is 31.7 Å². The molecule has 7 nitrogen and oxygen atoms in total. The van der Waals surface area contributed by atoms with Gasteiger partial charge >= 0.3 is 11.7 Å². The largest absolute Gasteiger partial charge is 0.469 e. The van der Waals surface area contributed by atoms with Gasteiger partial charge in [-0.25, -0.2) is 0 Å². The Kier molecular flexibility index (Phi) is 4.64. The molecular formula is C12H17N3O4S. The zero-order chi connectivity index (χ0) is 14.7. The Bertz CT molecular complexity index is 509. The number of rotatable bonds is 4. The molecule has 1 heterocycles. The van der Waals surface area contributed by atoms with Crippen molar-refractivity contribution in [1.82, 2.24) is 9.78 Å². The summed E-state index contributed by atoms with van der Waals surface area (Å²) in [5.41, 5.74) is 0.0487. The quantitative estimate of drug-likeness (QED) is 0.367. The van der Waals surface area contributed by atoms with E-state index in [9.17, 15) is 14.9 Å². The number of hydrogen-bond donors (Lipinski definition) is 0. The molecule has 1 fully saturated rings. The van der Waals surface area contributed by atoms with Gasteiger partial charge in [-0.15, -0.1) is 11.8 Å². The molecule has 0 atom stereocenters. The van der Waals surface area contributed by atoms with Crippen molar-refractivity contribution in [3.8, 4) is 0 Å². The lowest BCUT2D eigenvalue weighted by Crippen LogP contribution is -2.24. The number of carbonyl (C=O) groups excluding carboxylic acids is 1. The minimum atomic E-state index is -0.407. The van der Waals surface area contributed by atoms with Crippen molar-refractivity contribution in [2.75, 3.05) is 13.4 Å². The van der Waals surface area contributed by atoms with E-state index in [0.717, 1.165) is 25.7 Å². The van der Waals surface area contributed by atoms with E-state index in [0.29, 0.717) is 5.03 Å². The van der Waals surface area contributed by atoms with Gasteiger partial charge in [0, 0.05) is 0 Å². The third kappa shape index (κ3) is 2.95. The summed E-state index contributed by atoms with van der Waals surface area (Å²) < 4.78 is 6.43. The fraction of sp³-hybridized carbons (Fsp3) is 0.667. The van der Waals surface area contributed by atoms with Gasteiger partial charge in [0.25, 0.3) is 0 Å². The zero-order valence-electron chi connectivity index (χ0n) is 11.4. The lowest BCUT2D eigenvalue weighted by atomic mass is 9.86. The highest BCUT2D eigenvalue weighted by Gasteiger charge is 2.30. The van der Waals surface area contributed by atoms with Gasteiger partial charge in [0.2, 0.25) is 0 Å². The summed E-state index contributed by atoms with van der Waals surface area (Å²) in [6.07, 6.45) is 6.31. The molecular weight excluding hydrogens is 282 g/mol. The van der Waals surface area contributed by atoms with Crippen LogP contribution in [-0.4, -0.2) is 34.0 Å². The van der Waals surface area contributed by atoms with Gasteiger partial charge in [0.1, 0.15) is 6.20 Å². The number of carbonyl (C=O) groups is 1. The lowest BCUT2D eigenvalue weighted by Gasteiger charge is -2.26. The van der Waals surface area contributed by atoms with Crippen molar-refractivity contribution >= 4 is 23.4 Å². The van der Waals surface area contributed by atoms with Crippen molar-refractivity contribution in [2.24, 2.45) is 5.92 Å². The highest BCUT2D eigenvalue weighted by molar-refractivity contribution is 7.98. The van der Waals surface area contributed by atoms with Gasteiger partial charge in [0.15, 0.2) is 5.03 Å². The fourth-order valence-corrected chi connectivity index (χ4v) is 3.08. The molecule has 0 unspecified atom stereocenters. The van der Waals surface area contributed by atoms with E-state index >= 15 is 0 Å². The Labute approximate surface area is 120 Å². The predicted molar refractivity (Wildman–Crippen MR) is 73.7 cm³/mol. The van der Waals surface area contributed by atoms with Gasteiger partial charge in [-0.05, 0) is 31.9 Å². The van der Waals surface area contributed by atoms with Crippen molar-refractivity contribution in [1.29, 1.82) is 0 Å². The molecule has 110 valence electrons. The minimum absolute atomic E-state index is 0.0487. The summed E-state index contributed by atoms with van der Waals surface area (Å²) >= 11 is 1.27. The second-order valence-corrected chi connectivity index (χ2v) is 5.58. The molecule has 0 spiro atoms. The van der Waals surface area contributed by atoms with Crippen LogP contribution in [0.25, 0.3) is 0 Å². The Balaban J connectivity index is 2.07. The van der Waals surface area contributed by atoms with Gasteiger partial charge in [-0.1, -0.05) is 0 Å². The van der Waals surface area contributed by atoms with E-state index < -0.39 is 4.92 Å². The Morgan fingerprint density at radius 2 is 2.15 bits per heavy atom. The first-order valence-corrected chi connectivity index (χ1v) is 7.64. The van der Waals surface area contributed by atoms with Crippen LogP contribution in [0, 0.1) is 16.0 Å². The van der Waals surface area contributed by atoms with Crippen molar-refractivity contribution in [3.63, 3.8) is 0 Å². The molecule has 1 aliphatic carbocycles. The highest BCUT2D eigenvalue weighted by Crippen LogP contribution is 2.35. The molecule has 1 aliphatic rings. The lowest BCUT2D eigenvalue weighted by molar-refractivity contribution is -0.387. The van der Waals surface area contributed by atoms with E-state index in [2.05, 4.69) is 5.10 Å². The van der Waals surface area contributed by atoms with Crippen LogP contribution in [0.5, 0.6) is 0 Å². The summed E-state index contributed by atoms with van der Waals surface area (Å²) in [5.74, 6) is -0.221. The standard InChI is InChI=1S/C12H17N3O4S/c1-19-12(16)8-3-5-9(6-4-8)14-7-10(15(17)18)11(13-14)20-2/h7-9H,3-6H2,1-2H3. The van der Waals surface area contributed by atoms with Crippen molar-refractivity contribution < 1.29 is 14.5 Å². The van der Waals surface area contributed by atoms with Crippen LogP contribution < -0.4 is 0 Å². The maximum absolute atomic E-state index is 11.5. The minimum Gasteiger partial charge on any atom is -0.469 e. The molecule has 0 bridgehead atoms. The smallest absolute Gasteiger partial charge is 0.320 e. The number of hydrogen-bond acceptors (Lipinski definition) is 6. The molecule has 1 aromatic heterocycles. The summed E-state index contributed by atoms with van der Waals surface area (Å²) in [4.78, 5) is 22.0. The summed E-state index contributed by atoms with van der Waals surface area (Å²) in [6, 6.07) is 0.121. The van der Waals surface area contributed by atoms with Gasteiger partial charge in [-0.3, -0.25) is 19.6 Å². The highest BCUT2D eigenvalue weighted by atomic mass is 32.2. The molecule has 20 heavy (non-hydrogen) atoms. The number of esters is 1. The van der Waals surface area contributed by atoms with Crippen LogP contribution >= 0.6 is 11.8 Å². The molecule has 2 rings (SSSR count). The van der Waals surface area contributed by atoms with Crippen molar-refractivity contribution in [2.45, 2.75) is 36.8 Å². The summed E-state index contributed by atoms with van der Waals surface area (Å²) in [6.45, 7) is 0. The Hall–Kier alpha value is -1.57. The molecule has 1 saturated carbocycles. The first-order valence-electron chi connectivity index (χ1n) is 6.42. The SMILES string of the molecule is COC(=O)C1CCC(n2cc([N+](=O)[O-])c(SC)n2)CC1. The molecule has 1 aromatic rings. The molecule has 8 heteroatoms. The number of ether oxygens (including phenoxy) is 1. The Morgan fingerprint density at radius 3 is 2.60 bits per heavy atom. The average molecular weight is 299 g/mol. The maximum Gasteiger partial charge on any atom is 0.320 e. The monoisotopic (exact) mass is 299 g/mol. The van der Waals surface area contributed by atoms with Crippen LogP contribution in [0.2, 0.25) is 0 Å². The van der Waals surface area contributed by atoms with E-state index in [1.165, 1.54) is 25.1 Å². The van der Waals surface area contributed by atoms with E-state index in [4.69, 9.17) is 4.74 Å². The average Bonchev–Trinajstić information content (AvgIpc) is 2.91. The number of aromatic nitrogens is 2. The predicted octanol–water partition coefficient (Wildman–Crippen LogP) is 2.42. The van der Waals surface area contributed by atoms with Gasteiger partial charge in [-0.2, -0.15) is 5.10 Å². The topological polar surface area (TPSA) is 87.3 Å². The first kappa shape index (κ1) is 14.8. The van der Waals surface area contributed by atoms with E-state index in [1.807, 2.05) is 0 Å². The summed E-state index contributed by atoms with van der Waals surface area (Å²) in [7, 11) is 1.40. The molecule has 0 aromatic carbocycles. The van der Waals surface area contributed by atoms with Crippen LogP contribution in [0.15, 0.2) is 11.2 Å². The summed E-state index contributed by atoms with van der Waals surface area (Å²) in [5, 5.41) is 15.7. The number of nitro groups is 1. The molecule has 0 N–H and O–H groups in total. The van der Waals surface area contributed by atoms with Crippen LogP contribution in [0.4, 0.5) is 5.69 Å². The Morgan fingerprint density at radius 1 is 1.50 bits per heavy atom.